The van der Waals surface area contributed by atoms with Gasteiger partial charge in [0, 0.05) is 44.3 Å². The Balaban J connectivity index is 1.84. The van der Waals surface area contributed by atoms with Crippen LogP contribution in [0.3, 0.4) is 0 Å². The van der Waals surface area contributed by atoms with E-state index in [1.54, 1.807) is 4.90 Å². The number of aliphatic hydroxyl groups is 1. The molecule has 0 bridgehead atoms. The largest absolute Gasteiger partial charge is 0.396 e. The molecule has 0 aliphatic carbocycles. The molecule has 1 aromatic rings. The lowest BCUT2D eigenvalue weighted by molar-refractivity contribution is -0.118. The lowest BCUT2D eigenvalue weighted by Crippen LogP contribution is -2.44. The number of likely N-dealkylation sites (tertiary alicyclic amines) is 1. The fraction of sp³-hybridized carbons (Fsp3) is 0.588. The maximum Gasteiger partial charge on any atom is 0.228 e. The average molecular weight is 290 g/mol. The summed E-state index contributed by atoms with van der Waals surface area (Å²) < 4.78 is 0. The molecule has 0 radical (unpaired) electrons. The Morgan fingerprint density at radius 1 is 1.38 bits per heavy atom. The highest BCUT2D eigenvalue weighted by Gasteiger charge is 2.30. The van der Waals surface area contributed by atoms with Crippen molar-refractivity contribution in [2.24, 2.45) is 5.41 Å². The van der Waals surface area contributed by atoms with Crippen molar-refractivity contribution in [1.29, 1.82) is 0 Å². The zero-order chi connectivity index (χ0) is 15.3. The molecule has 21 heavy (non-hydrogen) atoms. The lowest BCUT2D eigenvalue weighted by Gasteiger charge is -2.39. The van der Waals surface area contributed by atoms with Crippen molar-refractivity contribution in [1.82, 2.24) is 4.90 Å². The summed E-state index contributed by atoms with van der Waals surface area (Å²) in [6.07, 6.45) is 2.69. The van der Waals surface area contributed by atoms with Crippen LogP contribution in [0.15, 0.2) is 30.3 Å². The lowest BCUT2D eigenvalue weighted by atomic mass is 9.83. The summed E-state index contributed by atoms with van der Waals surface area (Å²) in [4.78, 5) is 16.3. The van der Waals surface area contributed by atoms with Gasteiger partial charge < -0.3 is 14.9 Å². The molecule has 1 amide bonds. The quantitative estimate of drug-likeness (QED) is 0.903. The van der Waals surface area contributed by atoms with Gasteiger partial charge in [-0.2, -0.15) is 0 Å². The average Bonchev–Trinajstić information content (AvgIpc) is 2.53. The summed E-state index contributed by atoms with van der Waals surface area (Å²) in [5.41, 5.74) is 0.924. The van der Waals surface area contributed by atoms with Gasteiger partial charge in [-0.05, 0) is 31.5 Å². The van der Waals surface area contributed by atoms with Crippen LogP contribution in [0.25, 0.3) is 0 Å². The molecule has 2 rings (SSSR count). The van der Waals surface area contributed by atoms with Crippen molar-refractivity contribution in [3.8, 4) is 0 Å². The van der Waals surface area contributed by atoms with Crippen LogP contribution in [0.4, 0.5) is 5.69 Å². The molecule has 1 fully saturated rings. The molecule has 4 heteroatoms. The van der Waals surface area contributed by atoms with Gasteiger partial charge in [-0.15, -0.1) is 0 Å². The van der Waals surface area contributed by atoms with Gasteiger partial charge in [0.2, 0.25) is 5.91 Å². The monoisotopic (exact) mass is 290 g/mol. The van der Waals surface area contributed by atoms with E-state index in [2.05, 4.69) is 11.8 Å². The maximum absolute atomic E-state index is 12.3. The molecule has 0 saturated carbocycles. The predicted molar refractivity (Wildman–Crippen MR) is 85.3 cm³/mol. The summed E-state index contributed by atoms with van der Waals surface area (Å²) in [7, 11) is 1.83. The van der Waals surface area contributed by atoms with Crippen molar-refractivity contribution in [3.63, 3.8) is 0 Å². The Kier molecular flexibility index (Phi) is 5.37. The molecule has 1 aliphatic rings. The van der Waals surface area contributed by atoms with E-state index in [0.29, 0.717) is 6.42 Å². The number of anilines is 1. The highest BCUT2D eigenvalue weighted by atomic mass is 16.3. The second kappa shape index (κ2) is 7.05. The molecule has 1 unspecified atom stereocenters. The van der Waals surface area contributed by atoms with Gasteiger partial charge in [-0.3, -0.25) is 4.79 Å². The molecule has 1 aromatic carbocycles. The number of rotatable bonds is 5. The first-order valence-electron chi connectivity index (χ1n) is 7.69. The van der Waals surface area contributed by atoms with Gasteiger partial charge >= 0.3 is 0 Å². The number of benzene rings is 1. The standard InChI is InChI=1S/C17H26N2O2/c1-17(14-20)10-6-11-19(13-17)12-9-16(21)18(2)15-7-4-3-5-8-15/h3-5,7-8,20H,6,9-14H2,1-2H3. The third-order valence-electron chi connectivity index (χ3n) is 4.40. The summed E-state index contributed by atoms with van der Waals surface area (Å²) in [6, 6.07) is 9.72. The second-order valence-electron chi connectivity index (χ2n) is 6.39. The van der Waals surface area contributed by atoms with Gasteiger partial charge in [0.15, 0.2) is 0 Å². The molecule has 1 atom stereocenters. The number of nitrogens with zero attached hydrogens (tertiary/aromatic N) is 2. The number of hydrogen-bond donors (Lipinski definition) is 1. The van der Waals surface area contributed by atoms with Crippen LogP contribution in [-0.2, 0) is 4.79 Å². The minimum atomic E-state index is -0.00731. The number of carbonyl (C=O) groups excluding carboxylic acids is 1. The summed E-state index contributed by atoms with van der Waals surface area (Å²) >= 11 is 0. The minimum Gasteiger partial charge on any atom is -0.396 e. The predicted octanol–water partition coefficient (Wildman–Crippen LogP) is 2.13. The van der Waals surface area contributed by atoms with Crippen LogP contribution in [0.1, 0.15) is 26.2 Å². The van der Waals surface area contributed by atoms with Gasteiger partial charge in [-0.1, -0.05) is 25.1 Å². The highest BCUT2D eigenvalue weighted by molar-refractivity contribution is 5.92. The zero-order valence-electron chi connectivity index (χ0n) is 13.1. The van der Waals surface area contributed by atoms with Gasteiger partial charge in [0.1, 0.15) is 0 Å². The highest BCUT2D eigenvalue weighted by Crippen LogP contribution is 2.28. The number of para-hydroxylation sites is 1. The normalized spacial score (nSPS) is 23.0. The van der Waals surface area contributed by atoms with Crippen LogP contribution in [0.2, 0.25) is 0 Å². The van der Waals surface area contributed by atoms with E-state index in [1.165, 1.54) is 0 Å². The third kappa shape index (κ3) is 4.29. The molecule has 1 heterocycles. The van der Waals surface area contributed by atoms with Crippen molar-refractivity contribution >= 4 is 11.6 Å². The van der Waals surface area contributed by atoms with Crippen LogP contribution < -0.4 is 4.90 Å². The number of hydrogen-bond acceptors (Lipinski definition) is 3. The number of aliphatic hydroxyl groups excluding tert-OH is 1. The summed E-state index contributed by atoms with van der Waals surface area (Å²) in [5.74, 6) is 0.137. The minimum absolute atomic E-state index is 0.00731. The van der Waals surface area contributed by atoms with Crippen molar-refractivity contribution in [2.75, 3.05) is 38.2 Å². The Hall–Kier alpha value is -1.39. The van der Waals surface area contributed by atoms with Crippen molar-refractivity contribution in [2.45, 2.75) is 26.2 Å². The van der Waals surface area contributed by atoms with Gasteiger partial charge in [0.05, 0.1) is 0 Å². The van der Waals surface area contributed by atoms with Crippen LogP contribution >= 0.6 is 0 Å². The van der Waals surface area contributed by atoms with E-state index in [9.17, 15) is 9.90 Å². The van der Waals surface area contributed by atoms with Crippen LogP contribution in [-0.4, -0.2) is 49.2 Å². The fourth-order valence-corrected chi connectivity index (χ4v) is 2.96. The second-order valence-corrected chi connectivity index (χ2v) is 6.39. The summed E-state index contributed by atoms with van der Waals surface area (Å²) in [5, 5.41) is 9.48. The van der Waals surface area contributed by atoms with E-state index in [4.69, 9.17) is 0 Å². The molecule has 1 N–H and O–H groups in total. The van der Waals surface area contributed by atoms with E-state index in [1.807, 2.05) is 37.4 Å². The van der Waals surface area contributed by atoms with E-state index < -0.39 is 0 Å². The number of amides is 1. The molecule has 116 valence electrons. The Labute approximate surface area is 127 Å². The van der Waals surface area contributed by atoms with E-state index in [0.717, 1.165) is 38.2 Å². The Bertz CT molecular complexity index is 463. The number of piperidine rings is 1. The molecule has 0 aromatic heterocycles. The molecular weight excluding hydrogens is 264 g/mol. The first-order valence-corrected chi connectivity index (χ1v) is 7.69. The molecule has 4 nitrogen and oxygen atoms in total. The number of carbonyl (C=O) groups is 1. The van der Waals surface area contributed by atoms with Gasteiger partial charge in [-0.25, -0.2) is 0 Å². The van der Waals surface area contributed by atoms with Crippen molar-refractivity contribution in [3.05, 3.63) is 30.3 Å². The Morgan fingerprint density at radius 3 is 2.76 bits per heavy atom. The van der Waals surface area contributed by atoms with Crippen LogP contribution in [0.5, 0.6) is 0 Å². The third-order valence-corrected chi connectivity index (χ3v) is 4.40. The first kappa shape index (κ1) is 16.0. The smallest absolute Gasteiger partial charge is 0.228 e. The van der Waals surface area contributed by atoms with E-state index in [-0.39, 0.29) is 17.9 Å². The van der Waals surface area contributed by atoms with E-state index >= 15 is 0 Å². The summed E-state index contributed by atoms with van der Waals surface area (Å²) in [6.45, 7) is 5.02. The topological polar surface area (TPSA) is 43.8 Å². The molecule has 0 spiro atoms. The molecule has 1 saturated heterocycles. The maximum atomic E-state index is 12.3. The molecular formula is C17H26N2O2. The van der Waals surface area contributed by atoms with Crippen LogP contribution in [0, 0.1) is 5.41 Å². The SMILES string of the molecule is CN(C(=O)CCN1CCCC(C)(CO)C1)c1ccccc1. The fourth-order valence-electron chi connectivity index (χ4n) is 2.96. The van der Waals surface area contributed by atoms with Gasteiger partial charge in [0.25, 0.3) is 0 Å². The first-order chi connectivity index (χ1) is 10.0. The Morgan fingerprint density at radius 2 is 2.10 bits per heavy atom. The molecule has 1 aliphatic heterocycles. The van der Waals surface area contributed by atoms with Crippen molar-refractivity contribution < 1.29 is 9.90 Å². The zero-order valence-corrected chi connectivity index (χ0v) is 13.1.